The molecule has 12 heteroatoms. The van der Waals surface area contributed by atoms with E-state index >= 15 is 0 Å². The van der Waals surface area contributed by atoms with Gasteiger partial charge in [-0.2, -0.15) is 13.2 Å². The molecule has 1 saturated heterocycles. The third-order valence-corrected chi connectivity index (χ3v) is 9.88. The monoisotopic (exact) mass is 690 g/mol. The third kappa shape index (κ3) is 7.33. The fourth-order valence-corrected chi connectivity index (χ4v) is 7.15. The van der Waals surface area contributed by atoms with E-state index in [-0.39, 0.29) is 26.9 Å². The van der Waals surface area contributed by atoms with Crippen molar-refractivity contribution < 1.29 is 26.4 Å². The van der Waals surface area contributed by atoms with E-state index in [1.54, 1.807) is 24.3 Å². The standard InChI is InChI=1S/C36H30ClF3N4O3S/c37-27-15-11-24(12-16-27)29-6-2-1-5-26(29)23-43-19-21-44(22-20-43)28-17-13-25(14-18-28)36(45)42-48(46,47)33-10-4-7-30-31(33)8-3-9-32(30)41-35(40)34(38)39/h1-18,41H,19-23H2,(H,42,45). The average Bonchev–Trinajstić information content (AvgIpc) is 3.09. The van der Waals surface area contributed by atoms with Crippen LogP contribution in [0.25, 0.3) is 21.9 Å². The zero-order chi connectivity index (χ0) is 33.8. The first-order chi connectivity index (χ1) is 23.1. The molecule has 1 amide bonds. The molecule has 0 bridgehead atoms. The summed E-state index contributed by atoms with van der Waals surface area (Å²) in [6.07, 6.45) is -2.54. The lowest BCUT2D eigenvalue weighted by atomic mass is 9.99. The SMILES string of the molecule is O=C(NS(=O)(=O)c1cccc2c(NC(F)=C(F)F)cccc12)c1ccc(N2CCN(Cc3ccccc3-c3ccc(Cl)cc3)CC2)cc1. The maximum Gasteiger partial charge on any atom is 0.322 e. The molecule has 0 unspecified atom stereocenters. The van der Waals surface area contributed by atoms with Crippen molar-refractivity contribution in [2.75, 3.05) is 36.4 Å². The van der Waals surface area contributed by atoms with Crippen LogP contribution in [-0.4, -0.2) is 45.4 Å². The van der Waals surface area contributed by atoms with Crippen LogP contribution in [0.2, 0.25) is 5.02 Å². The molecule has 6 rings (SSSR count). The predicted molar refractivity (Wildman–Crippen MR) is 183 cm³/mol. The summed E-state index contributed by atoms with van der Waals surface area (Å²) in [5.74, 6) is -2.67. The number of benzene rings is 5. The topological polar surface area (TPSA) is 81.7 Å². The van der Waals surface area contributed by atoms with Crippen molar-refractivity contribution in [2.45, 2.75) is 11.4 Å². The van der Waals surface area contributed by atoms with Crippen molar-refractivity contribution in [1.82, 2.24) is 9.62 Å². The molecule has 0 radical (unpaired) electrons. The lowest BCUT2D eigenvalue weighted by molar-refractivity contribution is 0.0981. The van der Waals surface area contributed by atoms with Crippen LogP contribution in [0, 0.1) is 0 Å². The highest BCUT2D eigenvalue weighted by molar-refractivity contribution is 7.90. The Balaban J connectivity index is 1.09. The van der Waals surface area contributed by atoms with Crippen molar-refractivity contribution in [3.8, 4) is 11.1 Å². The van der Waals surface area contributed by atoms with Crippen LogP contribution >= 0.6 is 11.6 Å². The minimum Gasteiger partial charge on any atom is -0.369 e. The van der Waals surface area contributed by atoms with Gasteiger partial charge in [0, 0.05) is 65.5 Å². The smallest absolute Gasteiger partial charge is 0.322 e. The van der Waals surface area contributed by atoms with E-state index in [9.17, 15) is 26.4 Å². The number of hydrogen-bond donors (Lipinski definition) is 2. The molecular weight excluding hydrogens is 661 g/mol. The van der Waals surface area contributed by atoms with E-state index in [4.69, 9.17) is 11.6 Å². The van der Waals surface area contributed by atoms with E-state index in [1.807, 2.05) is 41.7 Å². The van der Waals surface area contributed by atoms with Crippen molar-refractivity contribution in [3.63, 3.8) is 0 Å². The summed E-state index contributed by atoms with van der Waals surface area (Å²) >= 11 is 6.09. The van der Waals surface area contributed by atoms with Gasteiger partial charge in [-0.05, 0) is 65.2 Å². The first-order valence-electron chi connectivity index (χ1n) is 15.1. The summed E-state index contributed by atoms with van der Waals surface area (Å²) in [5, 5.41) is 2.96. The van der Waals surface area contributed by atoms with Crippen molar-refractivity contribution >= 4 is 49.7 Å². The zero-order valence-electron chi connectivity index (χ0n) is 25.5. The molecule has 2 N–H and O–H groups in total. The minimum atomic E-state index is -4.38. The molecule has 1 heterocycles. The highest BCUT2D eigenvalue weighted by Crippen LogP contribution is 2.31. The summed E-state index contributed by atoms with van der Waals surface area (Å²) in [5.41, 5.74) is 4.53. The zero-order valence-corrected chi connectivity index (χ0v) is 27.0. The molecule has 246 valence electrons. The van der Waals surface area contributed by atoms with Crippen LogP contribution in [0.3, 0.4) is 0 Å². The summed E-state index contributed by atoms with van der Waals surface area (Å²) in [7, 11) is -4.38. The van der Waals surface area contributed by atoms with Gasteiger partial charge in [0.15, 0.2) is 0 Å². The number of amides is 1. The lowest BCUT2D eigenvalue weighted by Gasteiger charge is -2.36. The molecule has 1 aliphatic rings. The number of anilines is 2. The lowest BCUT2D eigenvalue weighted by Crippen LogP contribution is -2.46. The number of fused-ring (bicyclic) bond motifs is 1. The third-order valence-electron chi connectivity index (χ3n) is 8.24. The van der Waals surface area contributed by atoms with Gasteiger partial charge in [-0.15, -0.1) is 0 Å². The number of halogens is 4. The van der Waals surface area contributed by atoms with Crippen molar-refractivity contribution in [3.05, 3.63) is 137 Å². The molecule has 0 saturated carbocycles. The number of sulfonamides is 1. The second-order valence-corrected chi connectivity index (χ2v) is 13.4. The molecule has 0 spiro atoms. The first kappa shape index (κ1) is 33.1. The van der Waals surface area contributed by atoms with E-state index in [0.717, 1.165) is 44.0 Å². The summed E-state index contributed by atoms with van der Waals surface area (Å²) in [4.78, 5) is 17.4. The van der Waals surface area contributed by atoms with Crippen LogP contribution in [0.5, 0.6) is 0 Å². The minimum absolute atomic E-state index is 0.0552. The average molecular weight is 691 g/mol. The van der Waals surface area contributed by atoms with Gasteiger partial charge in [-0.1, -0.05) is 72.3 Å². The quantitative estimate of drug-likeness (QED) is 0.152. The van der Waals surface area contributed by atoms with Crippen LogP contribution in [-0.2, 0) is 16.6 Å². The first-order valence-corrected chi connectivity index (χ1v) is 16.9. The molecular formula is C36H30ClF3N4O3S. The highest BCUT2D eigenvalue weighted by Gasteiger charge is 2.23. The second kappa shape index (κ2) is 14.1. The molecule has 7 nitrogen and oxygen atoms in total. The summed E-state index contributed by atoms with van der Waals surface area (Å²) in [6.45, 7) is 4.03. The fourth-order valence-electron chi connectivity index (χ4n) is 5.82. The number of carbonyl (C=O) groups excluding carboxylic acids is 1. The Hall–Kier alpha value is -4.84. The number of piperazine rings is 1. The van der Waals surface area contributed by atoms with Crippen LogP contribution in [0.1, 0.15) is 15.9 Å². The van der Waals surface area contributed by atoms with Gasteiger partial charge >= 0.3 is 6.08 Å². The highest BCUT2D eigenvalue weighted by atomic mass is 35.5. The van der Waals surface area contributed by atoms with E-state index in [2.05, 4.69) is 26.7 Å². The Labute approximate surface area is 281 Å². The Morgan fingerprint density at radius 3 is 2.12 bits per heavy atom. The molecule has 0 aromatic heterocycles. The molecule has 5 aromatic carbocycles. The van der Waals surface area contributed by atoms with Gasteiger partial charge in [0.2, 0.25) is 0 Å². The number of nitrogens with one attached hydrogen (secondary N) is 2. The summed E-state index contributed by atoms with van der Waals surface area (Å²) < 4.78 is 67.6. The normalized spacial score (nSPS) is 13.7. The number of rotatable bonds is 9. The Morgan fingerprint density at radius 2 is 1.42 bits per heavy atom. The molecule has 1 aliphatic heterocycles. The van der Waals surface area contributed by atoms with Crippen LogP contribution in [0.15, 0.2) is 126 Å². The maximum absolute atomic E-state index is 13.6. The van der Waals surface area contributed by atoms with E-state index in [1.165, 1.54) is 47.5 Å². The second-order valence-electron chi connectivity index (χ2n) is 11.3. The molecule has 5 aromatic rings. The predicted octanol–water partition coefficient (Wildman–Crippen LogP) is 8.05. The van der Waals surface area contributed by atoms with E-state index < -0.39 is 28.0 Å². The molecule has 0 atom stereocenters. The van der Waals surface area contributed by atoms with Crippen LogP contribution in [0.4, 0.5) is 24.5 Å². The van der Waals surface area contributed by atoms with Gasteiger partial charge < -0.3 is 10.2 Å². The Morgan fingerprint density at radius 1 is 0.750 bits per heavy atom. The van der Waals surface area contributed by atoms with Gasteiger partial charge in [0.25, 0.3) is 21.9 Å². The molecule has 48 heavy (non-hydrogen) atoms. The Bertz CT molecular complexity index is 2100. The van der Waals surface area contributed by atoms with Crippen molar-refractivity contribution in [1.29, 1.82) is 0 Å². The van der Waals surface area contributed by atoms with Gasteiger partial charge in [0.05, 0.1) is 4.90 Å². The number of hydrogen-bond acceptors (Lipinski definition) is 6. The number of nitrogens with zero attached hydrogens (tertiary/aromatic N) is 2. The van der Waals surface area contributed by atoms with Crippen LogP contribution < -0.4 is 14.9 Å². The Kier molecular flexibility index (Phi) is 9.72. The molecule has 0 aliphatic carbocycles. The van der Waals surface area contributed by atoms with Gasteiger partial charge in [-0.3, -0.25) is 9.69 Å². The largest absolute Gasteiger partial charge is 0.369 e. The molecule has 1 fully saturated rings. The fraction of sp³-hybridized carbons (Fsp3) is 0.139. The number of carbonyl (C=O) groups is 1. The van der Waals surface area contributed by atoms with Crippen molar-refractivity contribution in [2.24, 2.45) is 0 Å². The van der Waals surface area contributed by atoms with E-state index in [0.29, 0.717) is 5.02 Å². The van der Waals surface area contributed by atoms with Gasteiger partial charge in [-0.25, -0.2) is 13.1 Å². The maximum atomic E-state index is 13.6. The van der Waals surface area contributed by atoms with Gasteiger partial charge in [0.1, 0.15) is 0 Å². The summed E-state index contributed by atoms with van der Waals surface area (Å²) in [6, 6.07) is 31.2.